The maximum absolute atomic E-state index is 12.5. The molecule has 2 aromatic rings. The number of aromatic nitrogens is 2. The molecule has 1 aromatic heterocycles. The number of H-pyrrole nitrogens is 1. The molecule has 2 atom stereocenters. The van der Waals surface area contributed by atoms with E-state index < -0.39 is 27.8 Å². The van der Waals surface area contributed by atoms with Gasteiger partial charge in [0.2, 0.25) is 0 Å². The van der Waals surface area contributed by atoms with E-state index in [2.05, 4.69) is 10.2 Å². The summed E-state index contributed by atoms with van der Waals surface area (Å²) in [6, 6.07) is 10.5. The number of carbonyl (C=O) groups excluding carboxylic acids is 2. The minimum atomic E-state index is -3.10. The molecule has 0 aliphatic carbocycles. The van der Waals surface area contributed by atoms with Gasteiger partial charge < -0.3 is 9.64 Å². The normalized spacial score (nSPS) is 19.4. The summed E-state index contributed by atoms with van der Waals surface area (Å²) in [5.74, 6) is -1.12. The highest BCUT2D eigenvalue weighted by Crippen LogP contribution is 2.19. The van der Waals surface area contributed by atoms with Crippen molar-refractivity contribution in [3.8, 4) is 11.3 Å². The number of hydrogen-bond acceptors (Lipinski definition) is 6. The summed E-state index contributed by atoms with van der Waals surface area (Å²) in [6.07, 6.45) is -0.638. The maximum Gasteiger partial charge on any atom is 0.357 e. The summed E-state index contributed by atoms with van der Waals surface area (Å²) >= 11 is 0. The Morgan fingerprint density at radius 3 is 2.63 bits per heavy atom. The van der Waals surface area contributed by atoms with Crippen LogP contribution in [0.25, 0.3) is 11.3 Å². The molecule has 1 amide bonds. The maximum atomic E-state index is 12.5. The van der Waals surface area contributed by atoms with E-state index in [1.165, 1.54) is 18.9 Å². The van der Waals surface area contributed by atoms with E-state index in [1.807, 2.05) is 30.3 Å². The number of ether oxygens (including phenoxy) is 1. The molecule has 144 valence electrons. The first-order valence-electron chi connectivity index (χ1n) is 8.56. The van der Waals surface area contributed by atoms with Crippen LogP contribution in [-0.2, 0) is 19.4 Å². The zero-order valence-electron chi connectivity index (χ0n) is 15.1. The predicted octanol–water partition coefficient (Wildman–Crippen LogP) is 1.27. The van der Waals surface area contributed by atoms with Crippen molar-refractivity contribution < 1.29 is 22.7 Å². The van der Waals surface area contributed by atoms with Crippen molar-refractivity contribution in [3.63, 3.8) is 0 Å². The molecule has 0 bridgehead atoms. The summed E-state index contributed by atoms with van der Waals surface area (Å²) in [6.45, 7) is 1.47. The van der Waals surface area contributed by atoms with Gasteiger partial charge in [0.05, 0.1) is 17.2 Å². The van der Waals surface area contributed by atoms with Crippen LogP contribution in [0.2, 0.25) is 0 Å². The Hall–Kier alpha value is -2.68. The Morgan fingerprint density at radius 2 is 2.00 bits per heavy atom. The van der Waals surface area contributed by atoms with Gasteiger partial charge in [-0.25, -0.2) is 13.2 Å². The van der Waals surface area contributed by atoms with Crippen LogP contribution in [0.1, 0.15) is 23.8 Å². The lowest BCUT2D eigenvalue weighted by atomic mass is 10.1. The van der Waals surface area contributed by atoms with Crippen molar-refractivity contribution in [1.82, 2.24) is 15.1 Å². The summed E-state index contributed by atoms with van der Waals surface area (Å²) in [4.78, 5) is 26.1. The fourth-order valence-corrected chi connectivity index (χ4v) is 4.78. The minimum Gasteiger partial charge on any atom is -0.448 e. The lowest BCUT2D eigenvalue weighted by molar-refractivity contribution is -0.140. The second-order valence-electron chi connectivity index (χ2n) is 6.59. The van der Waals surface area contributed by atoms with E-state index in [-0.39, 0.29) is 23.2 Å². The number of hydrogen-bond donors (Lipinski definition) is 1. The molecule has 8 nitrogen and oxygen atoms in total. The number of benzene rings is 1. The first-order valence-corrected chi connectivity index (χ1v) is 10.4. The van der Waals surface area contributed by atoms with Crippen LogP contribution in [0.4, 0.5) is 0 Å². The summed E-state index contributed by atoms with van der Waals surface area (Å²) in [5, 5.41) is 6.70. The third kappa shape index (κ3) is 4.36. The summed E-state index contributed by atoms with van der Waals surface area (Å²) in [7, 11) is -1.57. The largest absolute Gasteiger partial charge is 0.448 e. The molecule has 0 saturated carbocycles. The van der Waals surface area contributed by atoms with Gasteiger partial charge in [0.15, 0.2) is 15.9 Å². The predicted molar refractivity (Wildman–Crippen MR) is 98.7 cm³/mol. The van der Waals surface area contributed by atoms with Gasteiger partial charge in [0, 0.05) is 18.7 Å². The number of aromatic amines is 1. The van der Waals surface area contributed by atoms with Crippen LogP contribution in [0, 0.1) is 0 Å². The first kappa shape index (κ1) is 19.1. The third-order valence-corrected chi connectivity index (χ3v) is 6.35. The lowest BCUT2D eigenvalue weighted by Crippen LogP contribution is -2.44. The third-order valence-electron chi connectivity index (χ3n) is 4.60. The highest BCUT2D eigenvalue weighted by molar-refractivity contribution is 7.91. The molecule has 2 heterocycles. The molecule has 3 rings (SSSR count). The van der Waals surface area contributed by atoms with E-state index in [1.54, 1.807) is 6.07 Å². The summed E-state index contributed by atoms with van der Waals surface area (Å²) in [5.41, 5.74) is 1.58. The first-order chi connectivity index (χ1) is 12.8. The number of likely N-dealkylation sites (N-methyl/N-ethyl adjacent to an activating group) is 1. The van der Waals surface area contributed by atoms with Crippen molar-refractivity contribution >= 4 is 21.7 Å². The molecule has 1 saturated heterocycles. The minimum absolute atomic E-state index is 0.0586. The van der Waals surface area contributed by atoms with E-state index in [9.17, 15) is 18.0 Å². The Balaban J connectivity index is 1.62. The van der Waals surface area contributed by atoms with Crippen molar-refractivity contribution in [3.05, 3.63) is 42.1 Å². The average Bonchev–Trinajstić information content (AvgIpc) is 3.28. The molecular weight excluding hydrogens is 370 g/mol. The molecule has 0 unspecified atom stereocenters. The van der Waals surface area contributed by atoms with Crippen molar-refractivity contribution in [2.45, 2.75) is 25.5 Å². The number of rotatable bonds is 5. The van der Waals surface area contributed by atoms with Crippen LogP contribution in [0.3, 0.4) is 0 Å². The molecule has 1 fully saturated rings. The van der Waals surface area contributed by atoms with Crippen LogP contribution in [0.15, 0.2) is 36.4 Å². The van der Waals surface area contributed by atoms with Crippen LogP contribution in [-0.4, -0.2) is 66.1 Å². The molecule has 1 aliphatic rings. The average molecular weight is 391 g/mol. The molecule has 0 radical (unpaired) electrons. The van der Waals surface area contributed by atoms with Gasteiger partial charge in [-0.1, -0.05) is 30.3 Å². The van der Waals surface area contributed by atoms with Gasteiger partial charge in [-0.2, -0.15) is 5.10 Å². The number of esters is 1. The Kier molecular flexibility index (Phi) is 5.31. The van der Waals surface area contributed by atoms with E-state index >= 15 is 0 Å². The number of carbonyl (C=O) groups is 2. The SMILES string of the molecule is C[C@H](OC(=O)c1cc(-c2ccccc2)n[nH]1)C(=O)N(C)[C@@H]1CCS(=O)(=O)C1. The number of amides is 1. The van der Waals surface area contributed by atoms with Crippen molar-refractivity contribution in [2.75, 3.05) is 18.6 Å². The topological polar surface area (TPSA) is 109 Å². The second kappa shape index (κ2) is 7.51. The monoisotopic (exact) mass is 391 g/mol. The molecule has 27 heavy (non-hydrogen) atoms. The smallest absolute Gasteiger partial charge is 0.357 e. The highest BCUT2D eigenvalue weighted by atomic mass is 32.2. The molecular formula is C18H21N3O5S. The number of sulfone groups is 1. The fraction of sp³-hybridized carbons (Fsp3) is 0.389. The van der Waals surface area contributed by atoms with Crippen LogP contribution >= 0.6 is 0 Å². The number of nitrogens with zero attached hydrogens (tertiary/aromatic N) is 2. The van der Waals surface area contributed by atoms with Gasteiger partial charge in [-0.3, -0.25) is 9.89 Å². The Bertz CT molecular complexity index is 939. The molecule has 1 aromatic carbocycles. The van der Waals surface area contributed by atoms with Gasteiger partial charge in [0.25, 0.3) is 5.91 Å². The van der Waals surface area contributed by atoms with Crippen molar-refractivity contribution in [1.29, 1.82) is 0 Å². The Morgan fingerprint density at radius 1 is 1.30 bits per heavy atom. The quantitative estimate of drug-likeness (QED) is 0.769. The van der Waals surface area contributed by atoms with E-state index in [0.717, 1.165) is 5.56 Å². The van der Waals surface area contributed by atoms with Crippen LogP contribution < -0.4 is 0 Å². The zero-order chi connectivity index (χ0) is 19.6. The van der Waals surface area contributed by atoms with E-state index in [4.69, 9.17) is 4.74 Å². The Labute approximate surface area is 157 Å². The molecule has 1 N–H and O–H groups in total. The molecule has 0 spiro atoms. The number of nitrogens with one attached hydrogen (secondary N) is 1. The molecule has 1 aliphatic heterocycles. The summed E-state index contributed by atoms with van der Waals surface area (Å²) < 4.78 is 28.4. The second-order valence-corrected chi connectivity index (χ2v) is 8.82. The van der Waals surface area contributed by atoms with Gasteiger partial charge in [0.1, 0.15) is 5.69 Å². The zero-order valence-corrected chi connectivity index (χ0v) is 15.9. The van der Waals surface area contributed by atoms with E-state index in [0.29, 0.717) is 12.1 Å². The highest BCUT2D eigenvalue weighted by Gasteiger charge is 2.35. The fourth-order valence-electron chi connectivity index (χ4n) is 3.01. The molecule has 9 heteroatoms. The van der Waals surface area contributed by atoms with Gasteiger partial charge in [-0.05, 0) is 19.4 Å². The van der Waals surface area contributed by atoms with Gasteiger partial charge in [-0.15, -0.1) is 0 Å². The van der Waals surface area contributed by atoms with Crippen LogP contribution in [0.5, 0.6) is 0 Å². The lowest BCUT2D eigenvalue weighted by Gasteiger charge is -2.26. The van der Waals surface area contributed by atoms with Gasteiger partial charge >= 0.3 is 5.97 Å². The standard InChI is InChI=1S/C18H21N3O5S/c1-12(17(22)21(2)14-8-9-27(24,25)11-14)26-18(23)16-10-15(19-20-16)13-6-4-3-5-7-13/h3-7,10,12,14H,8-9,11H2,1-2H3,(H,19,20)/t12-,14+/m0/s1. The van der Waals surface area contributed by atoms with Crippen molar-refractivity contribution in [2.24, 2.45) is 0 Å².